The van der Waals surface area contributed by atoms with Crippen LogP contribution in [0.5, 0.6) is 0 Å². The smallest absolute Gasteiger partial charge is 0.0638 e. The molecule has 0 spiro atoms. The van der Waals surface area contributed by atoms with E-state index in [-0.39, 0.29) is 0 Å². The molecule has 0 aliphatic carbocycles. The monoisotopic (exact) mass is 257 g/mol. The van der Waals surface area contributed by atoms with Crippen LogP contribution in [0.4, 0.5) is 5.69 Å². The van der Waals surface area contributed by atoms with Crippen LogP contribution in [0.15, 0.2) is 18.2 Å². The lowest BCUT2D eigenvalue weighted by molar-refractivity contribution is 0.461. The summed E-state index contributed by atoms with van der Waals surface area (Å²) in [5.74, 6) is 0. The number of nitriles is 1. The lowest BCUT2D eigenvalue weighted by Crippen LogP contribution is -2.51. The third kappa shape index (κ3) is 3.08. The molecular formula is C16H23N3. The second kappa shape index (κ2) is 6.58. The summed E-state index contributed by atoms with van der Waals surface area (Å²) in [5.41, 5.74) is 4.27. The lowest BCUT2D eigenvalue weighted by atomic mass is 10.00. The summed E-state index contributed by atoms with van der Waals surface area (Å²) in [7, 11) is 0. The van der Waals surface area contributed by atoms with E-state index in [4.69, 9.17) is 5.26 Å². The van der Waals surface area contributed by atoms with E-state index in [2.05, 4.69) is 48.3 Å². The number of nitrogens with zero attached hydrogens (tertiary/aromatic N) is 2. The van der Waals surface area contributed by atoms with Gasteiger partial charge in [-0.15, -0.1) is 0 Å². The first-order valence-electron chi connectivity index (χ1n) is 7.26. The van der Waals surface area contributed by atoms with Crippen LogP contribution in [-0.4, -0.2) is 25.7 Å². The van der Waals surface area contributed by atoms with Crippen molar-refractivity contribution in [3.63, 3.8) is 0 Å². The summed E-state index contributed by atoms with van der Waals surface area (Å²) in [5, 5.41) is 12.3. The molecule has 1 aliphatic heterocycles. The van der Waals surface area contributed by atoms with Crippen LogP contribution in [0.25, 0.3) is 0 Å². The van der Waals surface area contributed by atoms with E-state index >= 15 is 0 Å². The molecule has 3 nitrogen and oxygen atoms in total. The van der Waals surface area contributed by atoms with Gasteiger partial charge < -0.3 is 10.2 Å². The number of anilines is 1. The highest BCUT2D eigenvalue weighted by Crippen LogP contribution is 2.28. The van der Waals surface area contributed by atoms with Crippen molar-refractivity contribution in [2.24, 2.45) is 0 Å². The Balaban J connectivity index is 2.27. The maximum absolute atomic E-state index is 8.87. The fourth-order valence-corrected chi connectivity index (χ4v) is 2.90. The number of nitrogens with one attached hydrogen (secondary N) is 1. The van der Waals surface area contributed by atoms with Gasteiger partial charge in [0.2, 0.25) is 0 Å². The molecule has 1 N–H and O–H groups in total. The van der Waals surface area contributed by atoms with E-state index in [0.29, 0.717) is 12.5 Å². The molecule has 0 amide bonds. The van der Waals surface area contributed by atoms with Crippen molar-refractivity contribution in [3.05, 3.63) is 29.3 Å². The second-order valence-corrected chi connectivity index (χ2v) is 5.09. The first-order chi connectivity index (χ1) is 9.30. The third-order valence-electron chi connectivity index (χ3n) is 3.87. The highest BCUT2D eigenvalue weighted by molar-refractivity contribution is 5.60. The summed E-state index contributed by atoms with van der Waals surface area (Å²) in [6.07, 6.45) is 2.72. The number of aryl methyl sites for hydroxylation is 2. The summed E-state index contributed by atoms with van der Waals surface area (Å²) in [6, 6.07) is 9.20. The van der Waals surface area contributed by atoms with Gasteiger partial charge >= 0.3 is 0 Å². The Kier molecular flexibility index (Phi) is 4.81. The summed E-state index contributed by atoms with van der Waals surface area (Å²) < 4.78 is 0. The Labute approximate surface area is 116 Å². The SMILES string of the molecule is CCc1cccc(CC)c1N1CCNC(CC#N)C1. The number of hydrogen-bond acceptors (Lipinski definition) is 3. The largest absolute Gasteiger partial charge is 0.368 e. The predicted octanol–water partition coefficient (Wildman–Crippen LogP) is 2.50. The van der Waals surface area contributed by atoms with Crippen molar-refractivity contribution in [2.45, 2.75) is 39.2 Å². The van der Waals surface area contributed by atoms with Crippen molar-refractivity contribution in [1.82, 2.24) is 5.32 Å². The first kappa shape index (κ1) is 13.9. The van der Waals surface area contributed by atoms with Crippen LogP contribution in [0, 0.1) is 11.3 Å². The van der Waals surface area contributed by atoms with E-state index in [1.807, 2.05) is 0 Å². The number of piperazine rings is 1. The van der Waals surface area contributed by atoms with Gasteiger partial charge in [-0.25, -0.2) is 0 Å². The van der Waals surface area contributed by atoms with Crippen LogP contribution < -0.4 is 10.2 Å². The molecule has 1 aliphatic rings. The molecule has 1 heterocycles. The van der Waals surface area contributed by atoms with E-state index in [1.54, 1.807) is 0 Å². The van der Waals surface area contributed by atoms with Gasteiger partial charge in [0.05, 0.1) is 12.5 Å². The van der Waals surface area contributed by atoms with Crippen molar-refractivity contribution >= 4 is 5.69 Å². The fourth-order valence-electron chi connectivity index (χ4n) is 2.90. The number of rotatable bonds is 4. The Morgan fingerprint density at radius 2 is 2.00 bits per heavy atom. The van der Waals surface area contributed by atoms with Crippen LogP contribution >= 0.6 is 0 Å². The minimum Gasteiger partial charge on any atom is -0.368 e. The predicted molar refractivity (Wildman–Crippen MR) is 79.4 cm³/mol. The van der Waals surface area contributed by atoms with Gasteiger partial charge in [0, 0.05) is 31.4 Å². The normalized spacial score (nSPS) is 19.2. The molecule has 1 saturated heterocycles. The standard InChI is InChI=1S/C16H23N3/c1-3-13-6-5-7-14(4-2)16(13)19-11-10-18-15(12-19)8-9-17/h5-7,15,18H,3-4,8,10-12H2,1-2H3. The Bertz CT molecular complexity index is 439. The van der Waals surface area contributed by atoms with E-state index in [9.17, 15) is 0 Å². The summed E-state index contributed by atoms with van der Waals surface area (Å²) in [4.78, 5) is 2.47. The zero-order valence-electron chi connectivity index (χ0n) is 11.9. The minimum absolute atomic E-state index is 0.299. The molecule has 102 valence electrons. The van der Waals surface area contributed by atoms with E-state index < -0.39 is 0 Å². The molecule has 3 heteroatoms. The van der Waals surface area contributed by atoms with Gasteiger partial charge in [0.25, 0.3) is 0 Å². The zero-order chi connectivity index (χ0) is 13.7. The molecule has 1 aromatic rings. The molecule has 0 bridgehead atoms. The van der Waals surface area contributed by atoms with Crippen molar-refractivity contribution in [1.29, 1.82) is 5.26 Å². The molecule has 0 aromatic heterocycles. The average molecular weight is 257 g/mol. The summed E-state index contributed by atoms with van der Waals surface area (Å²) in [6.45, 7) is 7.37. The Hall–Kier alpha value is -1.53. The molecule has 0 saturated carbocycles. The maximum Gasteiger partial charge on any atom is 0.0638 e. The highest BCUT2D eigenvalue weighted by Gasteiger charge is 2.22. The van der Waals surface area contributed by atoms with Crippen LogP contribution in [0.2, 0.25) is 0 Å². The van der Waals surface area contributed by atoms with Gasteiger partial charge in [-0.1, -0.05) is 32.0 Å². The van der Waals surface area contributed by atoms with Crippen molar-refractivity contribution < 1.29 is 0 Å². The van der Waals surface area contributed by atoms with Gasteiger partial charge in [0.15, 0.2) is 0 Å². The van der Waals surface area contributed by atoms with Crippen LogP contribution in [0.1, 0.15) is 31.4 Å². The maximum atomic E-state index is 8.87. The van der Waals surface area contributed by atoms with Crippen molar-refractivity contribution in [3.8, 4) is 6.07 Å². The first-order valence-corrected chi connectivity index (χ1v) is 7.26. The Morgan fingerprint density at radius 1 is 1.32 bits per heavy atom. The molecule has 1 aromatic carbocycles. The number of hydrogen-bond donors (Lipinski definition) is 1. The Morgan fingerprint density at radius 3 is 2.58 bits per heavy atom. The second-order valence-electron chi connectivity index (χ2n) is 5.09. The lowest BCUT2D eigenvalue weighted by Gasteiger charge is -2.36. The number of benzene rings is 1. The number of para-hydroxylation sites is 1. The third-order valence-corrected chi connectivity index (χ3v) is 3.87. The highest BCUT2D eigenvalue weighted by atomic mass is 15.2. The zero-order valence-corrected chi connectivity index (χ0v) is 11.9. The quantitative estimate of drug-likeness (QED) is 0.900. The van der Waals surface area contributed by atoms with Crippen LogP contribution in [-0.2, 0) is 12.8 Å². The van der Waals surface area contributed by atoms with Gasteiger partial charge in [-0.3, -0.25) is 0 Å². The molecule has 1 atom stereocenters. The molecule has 0 radical (unpaired) electrons. The molecule has 19 heavy (non-hydrogen) atoms. The van der Waals surface area contributed by atoms with E-state index in [0.717, 1.165) is 32.5 Å². The minimum atomic E-state index is 0.299. The molecule has 1 unspecified atom stereocenters. The molecule has 2 rings (SSSR count). The van der Waals surface area contributed by atoms with E-state index in [1.165, 1.54) is 16.8 Å². The molecule has 1 fully saturated rings. The van der Waals surface area contributed by atoms with Gasteiger partial charge in [-0.2, -0.15) is 5.26 Å². The van der Waals surface area contributed by atoms with Gasteiger partial charge in [0.1, 0.15) is 0 Å². The fraction of sp³-hybridized carbons (Fsp3) is 0.562. The molecular weight excluding hydrogens is 234 g/mol. The summed E-state index contributed by atoms with van der Waals surface area (Å²) >= 11 is 0. The van der Waals surface area contributed by atoms with Crippen molar-refractivity contribution in [2.75, 3.05) is 24.5 Å². The average Bonchev–Trinajstić information content (AvgIpc) is 2.47. The van der Waals surface area contributed by atoms with Gasteiger partial charge in [-0.05, 0) is 24.0 Å². The topological polar surface area (TPSA) is 39.1 Å². The van der Waals surface area contributed by atoms with Crippen LogP contribution in [0.3, 0.4) is 0 Å².